The van der Waals surface area contributed by atoms with Crippen LogP contribution in [-0.2, 0) is 11.3 Å². The highest BCUT2D eigenvalue weighted by molar-refractivity contribution is 5.94. The quantitative estimate of drug-likeness (QED) is 0.901. The lowest BCUT2D eigenvalue weighted by atomic mass is 10.1. The minimum absolute atomic E-state index is 0. The van der Waals surface area contributed by atoms with Gasteiger partial charge in [0, 0.05) is 30.1 Å². The number of aromatic nitrogens is 2. The largest absolute Gasteiger partial charge is 0.330 e. The smallest absolute Gasteiger partial charge is 0.228 e. The number of hydrogen-bond donors (Lipinski definition) is 2. The Hall–Kier alpha value is -1.59. The molecule has 0 saturated heterocycles. The standard InChI is InChI=1S/C13H18N4O.ClH/c1-3-17-12-6-11(5-4-10(12)8-15-17)16-13(18)9(2)7-14;/h4-6,8-9H,3,7,14H2,1-2H3,(H,16,18);1H. The maximum Gasteiger partial charge on any atom is 0.228 e. The third-order valence-corrected chi connectivity index (χ3v) is 3.01. The zero-order valence-electron chi connectivity index (χ0n) is 11.1. The lowest BCUT2D eigenvalue weighted by molar-refractivity contribution is -0.119. The maximum atomic E-state index is 11.8. The van der Waals surface area contributed by atoms with E-state index in [1.54, 1.807) is 0 Å². The first-order valence-corrected chi connectivity index (χ1v) is 6.12. The van der Waals surface area contributed by atoms with Crippen LogP contribution in [-0.4, -0.2) is 22.2 Å². The topological polar surface area (TPSA) is 72.9 Å². The van der Waals surface area contributed by atoms with Gasteiger partial charge in [-0.25, -0.2) is 0 Å². The molecule has 1 unspecified atom stereocenters. The Morgan fingerprint density at radius 1 is 1.53 bits per heavy atom. The Kier molecular flexibility index (Phi) is 5.32. The molecule has 0 radical (unpaired) electrons. The molecule has 2 rings (SSSR count). The van der Waals surface area contributed by atoms with Crippen molar-refractivity contribution in [3.8, 4) is 0 Å². The molecule has 1 aromatic heterocycles. The highest BCUT2D eigenvalue weighted by Gasteiger charge is 2.11. The van der Waals surface area contributed by atoms with Crippen molar-refractivity contribution in [1.82, 2.24) is 9.78 Å². The summed E-state index contributed by atoms with van der Waals surface area (Å²) in [5, 5.41) is 8.21. The lowest BCUT2D eigenvalue weighted by Crippen LogP contribution is -2.26. The molecule has 1 heterocycles. The summed E-state index contributed by atoms with van der Waals surface area (Å²) in [4.78, 5) is 11.8. The molecule has 2 aromatic rings. The highest BCUT2D eigenvalue weighted by atomic mass is 35.5. The number of rotatable bonds is 4. The molecule has 3 N–H and O–H groups in total. The number of anilines is 1. The van der Waals surface area contributed by atoms with E-state index in [4.69, 9.17) is 5.73 Å². The summed E-state index contributed by atoms with van der Waals surface area (Å²) < 4.78 is 1.90. The second kappa shape index (κ2) is 6.54. The average Bonchev–Trinajstić information content (AvgIpc) is 2.79. The first-order chi connectivity index (χ1) is 8.65. The van der Waals surface area contributed by atoms with Gasteiger partial charge < -0.3 is 11.1 Å². The van der Waals surface area contributed by atoms with Gasteiger partial charge in [0.15, 0.2) is 0 Å². The number of fused-ring (bicyclic) bond motifs is 1. The Balaban J connectivity index is 0.00000180. The van der Waals surface area contributed by atoms with Gasteiger partial charge in [0.1, 0.15) is 0 Å². The molecule has 0 bridgehead atoms. The Morgan fingerprint density at radius 3 is 2.89 bits per heavy atom. The van der Waals surface area contributed by atoms with Crippen LogP contribution in [0.15, 0.2) is 24.4 Å². The molecule has 0 aliphatic rings. The van der Waals surface area contributed by atoms with Gasteiger partial charge in [-0.05, 0) is 25.1 Å². The molecule has 0 aliphatic carbocycles. The van der Waals surface area contributed by atoms with E-state index in [-0.39, 0.29) is 24.2 Å². The van der Waals surface area contributed by atoms with Gasteiger partial charge in [-0.3, -0.25) is 9.48 Å². The number of nitrogens with two attached hydrogens (primary N) is 1. The second-order valence-corrected chi connectivity index (χ2v) is 4.36. The van der Waals surface area contributed by atoms with Crippen molar-refractivity contribution in [2.45, 2.75) is 20.4 Å². The second-order valence-electron chi connectivity index (χ2n) is 4.36. The predicted molar refractivity (Wildman–Crippen MR) is 79.5 cm³/mol. The first kappa shape index (κ1) is 15.5. The van der Waals surface area contributed by atoms with E-state index in [0.717, 1.165) is 23.1 Å². The summed E-state index contributed by atoms with van der Waals surface area (Å²) in [5.74, 6) is -0.240. The SMILES string of the molecule is CCn1ncc2ccc(NC(=O)C(C)CN)cc21.Cl. The van der Waals surface area contributed by atoms with Gasteiger partial charge >= 0.3 is 0 Å². The van der Waals surface area contributed by atoms with Crippen LogP contribution in [0.2, 0.25) is 0 Å². The molecule has 104 valence electrons. The van der Waals surface area contributed by atoms with Crippen molar-refractivity contribution in [2.75, 3.05) is 11.9 Å². The summed E-state index contributed by atoms with van der Waals surface area (Å²) in [6, 6.07) is 5.77. The van der Waals surface area contributed by atoms with Crippen LogP contribution in [0.3, 0.4) is 0 Å². The van der Waals surface area contributed by atoms with Gasteiger partial charge in [-0.2, -0.15) is 5.10 Å². The van der Waals surface area contributed by atoms with Crippen molar-refractivity contribution in [2.24, 2.45) is 11.7 Å². The third kappa shape index (κ3) is 3.24. The normalized spacial score (nSPS) is 11.9. The number of carbonyl (C=O) groups excluding carboxylic acids is 1. The van der Waals surface area contributed by atoms with Crippen molar-refractivity contribution >= 4 is 34.9 Å². The molecule has 0 fully saturated rings. The minimum Gasteiger partial charge on any atom is -0.330 e. The number of benzene rings is 1. The lowest BCUT2D eigenvalue weighted by Gasteiger charge is -2.10. The van der Waals surface area contributed by atoms with Crippen molar-refractivity contribution in [1.29, 1.82) is 0 Å². The van der Waals surface area contributed by atoms with Gasteiger partial charge in [-0.15, -0.1) is 12.4 Å². The molecule has 19 heavy (non-hydrogen) atoms. The summed E-state index contributed by atoms with van der Waals surface area (Å²) in [7, 11) is 0. The zero-order valence-corrected chi connectivity index (χ0v) is 11.9. The van der Waals surface area contributed by atoms with Crippen LogP contribution in [0.25, 0.3) is 10.9 Å². The van der Waals surface area contributed by atoms with E-state index in [1.807, 2.05) is 42.9 Å². The zero-order chi connectivity index (χ0) is 13.1. The molecule has 5 nitrogen and oxygen atoms in total. The summed E-state index contributed by atoms with van der Waals surface area (Å²) in [5.41, 5.74) is 7.28. The Morgan fingerprint density at radius 2 is 2.26 bits per heavy atom. The fraction of sp³-hybridized carbons (Fsp3) is 0.385. The van der Waals surface area contributed by atoms with Gasteiger partial charge in [-0.1, -0.05) is 6.92 Å². The Labute approximate surface area is 118 Å². The molecule has 1 atom stereocenters. The third-order valence-electron chi connectivity index (χ3n) is 3.01. The maximum absolute atomic E-state index is 11.8. The average molecular weight is 283 g/mol. The molecule has 0 aliphatic heterocycles. The van der Waals surface area contributed by atoms with Crippen molar-refractivity contribution < 1.29 is 4.79 Å². The first-order valence-electron chi connectivity index (χ1n) is 6.12. The molecule has 1 aromatic carbocycles. The van der Waals surface area contributed by atoms with Crippen molar-refractivity contribution in [3.05, 3.63) is 24.4 Å². The fourth-order valence-corrected chi connectivity index (χ4v) is 1.77. The number of nitrogens with zero attached hydrogens (tertiary/aromatic N) is 2. The van der Waals surface area contributed by atoms with Crippen LogP contribution >= 0.6 is 12.4 Å². The number of aryl methyl sites for hydroxylation is 1. The van der Waals surface area contributed by atoms with E-state index >= 15 is 0 Å². The number of nitrogens with one attached hydrogen (secondary N) is 1. The molecular weight excluding hydrogens is 264 g/mol. The number of halogens is 1. The van der Waals surface area contributed by atoms with Gasteiger partial charge in [0.05, 0.1) is 11.7 Å². The van der Waals surface area contributed by atoms with Crippen molar-refractivity contribution in [3.63, 3.8) is 0 Å². The molecule has 1 amide bonds. The fourth-order valence-electron chi connectivity index (χ4n) is 1.77. The molecular formula is C13H19ClN4O. The number of hydrogen-bond acceptors (Lipinski definition) is 3. The monoisotopic (exact) mass is 282 g/mol. The van der Waals surface area contributed by atoms with Gasteiger partial charge in [0.25, 0.3) is 0 Å². The minimum atomic E-state index is -0.184. The summed E-state index contributed by atoms with van der Waals surface area (Å²) in [6.07, 6.45) is 1.83. The van der Waals surface area contributed by atoms with Crippen LogP contribution in [0, 0.1) is 5.92 Å². The Bertz CT molecular complexity index is 567. The molecule has 0 spiro atoms. The highest BCUT2D eigenvalue weighted by Crippen LogP contribution is 2.19. The molecule has 6 heteroatoms. The number of carbonyl (C=O) groups is 1. The van der Waals surface area contributed by atoms with Crippen LogP contribution < -0.4 is 11.1 Å². The summed E-state index contributed by atoms with van der Waals surface area (Å²) >= 11 is 0. The van der Waals surface area contributed by atoms with E-state index < -0.39 is 0 Å². The number of amides is 1. The summed E-state index contributed by atoms with van der Waals surface area (Å²) in [6.45, 7) is 5.00. The predicted octanol–water partition coefficient (Wildman–Crippen LogP) is 2.01. The van der Waals surface area contributed by atoms with E-state index in [0.29, 0.717) is 6.54 Å². The van der Waals surface area contributed by atoms with E-state index in [1.165, 1.54) is 0 Å². The van der Waals surface area contributed by atoms with E-state index in [9.17, 15) is 4.79 Å². The van der Waals surface area contributed by atoms with Crippen LogP contribution in [0.1, 0.15) is 13.8 Å². The van der Waals surface area contributed by atoms with Crippen LogP contribution in [0.5, 0.6) is 0 Å². The van der Waals surface area contributed by atoms with Gasteiger partial charge in [0.2, 0.25) is 5.91 Å². The molecule has 0 saturated carbocycles. The van der Waals surface area contributed by atoms with Crippen LogP contribution in [0.4, 0.5) is 5.69 Å². The van der Waals surface area contributed by atoms with E-state index in [2.05, 4.69) is 10.4 Å².